The topological polar surface area (TPSA) is 15.3 Å². The molecule has 6 unspecified atom stereocenters. The average Bonchev–Trinajstić information content (AvgIpc) is 2.45. The number of hydrogen-bond acceptors (Lipinski definition) is 2. The molecule has 6 atom stereocenters. The van der Waals surface area contributed by atoms with Crippen LogP contribution in [0, 0.1) is 23.7 Å². The molecule has 21 heavy (non-hydrogen) atoms. The number of nitrogens with zero attached hydrogens (tertiary/aromatic N) is 1. The second-order valence-corrected chi connectivity index (χ2v) is 8.37. The minimum absolute atomic E-state index is 0.691. The zero-order chi connectivity index (χ0) is 15.6. The fourth-order valence-corrected chi connectivity index (χ4v) is 4.62. The van der Waals surface area contributed by atoms with Crippen LogP contribution in [0.2, 0.25) is 0 Å². The van der Waals surface area contributed by atoms with Crippen LogP contribution in [-0.2, 0) is 0 Å². The molecule has 1 saturated heterocycles. The molecule has 1 aliphatic carbocycles. The highest BCUT2D eigenvalue weighted by atomic mass is 15.3. The Labute approximate surface area is 133 Å². The standard InChI is InChI=1S/C19H38N2/c1-7-15(5)17-12-21(19(11-20-17)13(2)3)18-9-8-14(4)10-16(18)6/h13-20H,7-12H2,1-6H3. The summed E-state index contributed by atoms with van der Waals surface area (Å²) < 4.78 is 0. The predicted octanol–water partition coefficient (Wildman–Crippen LogP) is 4.16. The summed E-state index contributed by atoms with van der Waals surface area (Å²) in [6.45, 7) is 16.9. The molecule has 2 aliphatic rings. The van der Waals surface area contributed by atoms with Crippen molar-refractivity contribution in [3.05, 3.63) is 0 Å². The molecule has 0 amide bonds. The maximum atomic E-state index is 3.85. The Morgan fingerprint density at radius 1 is 1.14 bits per heavy atom. The van der Waals surface area contributed by atoms with Gasteiger partial charge in [-0.25, -0.2) is 0 Å². The van der Waals surface area contributed by atoms with E-state index in [1.54, 1.807) is 0 Å². The van der Waals surface area contributed by atoms with Crippen molar-refractivity contribution in [2.45, 2.75) is 85.4 Å². The fourth-order valence-electron chi connectivity index (χ4n) is 4.62. The van der Waals surface area contributed by atoms with Crippen molar-refractivity contribution in [3.63, 3.8) is 0 Å². The fraction of sp³-hybridized carbons (Fsp3) is 1.00. The lowest BCUT2D eigenvalue weighted by atomic mass is 9.77. The van der Waals surface area contributed by atoms with Crippen LogP contribution in [0.4, 0.5) is 0 Å². The van der Waals surface area contributed by atoms with E-state index >= 15 is 0 Å². The van der Waals surface area contributed by atoms with Crippen LogP contribution in [0.25, 0.3) is 0 Å². The number of nitrogens with one attached hydrogen (secondary N) is 1. The number of rotatable bonds is 4. The first-order chi connectivity index (χ1) is 9.93. The van der Waals surface area contributed by atoms with E-state index in [0.717, 1.165) is 35.8 Å². The van der Waals surface area contributed by atoms with Gasteiger partial charge in [-0.3, -0.25) is 4.90 Å². The van der Waals surface area contributed by atoms with Crippen LogP contribution in [0.1, 0.15) is 67.2 Å². The van der Waals surface area contributed by atoms with Crippen molar-refractivity contribution in [1.29, 1.82) is 0 Å². The van der Waals surface area contributed by atoms with Gasteiger partial charge in [-0.1, -0.05) is 48.0 Å². The lowest BCUT2D eigenvalue weighted by Gasteiger charge is -2.51. The Kier molecular flexibility index (Phi) is 6.14. The van der Waals surface area contributed by atoms with Gasteiger partial charge < -0.3 is 5.32 Å². The second kappa shape index (κ2) is 7.46. The van der Waals surface area contributed by atoms with E-state index < -0.39 is 0 Å². The molecule has 0 radical (unpaired) electrons. The Balaban J connectivity index is 2.10. The molecule has 0 bridgehead atoms. The van der Waals surface area contributed by atoms with E-state index in [2.05, 4.69) is 51.8 Å². The summed E-state index contributed by atoms with van der Waals surface area (Å²) >= 11 is 0. The maximum Gasteiger partial charge on any atom is 0.0247 e. The van der Waals surface area contributed by atoms with Crippen molar-refractivity contribution >= 4 is 0 Å². The summed E-state index contributed by atoms with van der Waals surface area (Å²) in [5.74, 6) is 3.34. The summed E-state index contributed by atoms with van der Waals surface area (Å²) in [5, 5.41) is 3.85. The third kappa shape index (κ3) is 4.01. The Hall–Kier alpha value is -0.0800. The van der Waals surface area contributed by atoms with Gasteiger partial charge in [0, 0.05) is 31.2 Å². The zero-order valence-corrected chi connectivity index (χ0v) is 15.2. The summed E-state index contributed by atoms with van der Waals surface area (Å²) in [6, 6.07) is 2.24. The highest BCUT2D eigenvalue weighted by molar-refractivity contribution is 4.95. The SMILES string of the molecule is CCC(C)C1CN(C2CCC(C)CC2C)C(C(C)C)CN1. The lowest BCUT2D eigenvalue weighted by Crippen LogP contribution is -2.63. The summed E-state index contributed by atoms with van der Waals surface area (Å²) in [5.41, 5.74) is 0. The van der Waals surface area contributed by atoms with Crippen LogP contribution in [-0.4, -0.2) is 36.1 Å². The largest absolute Gasteiger partial charge is 0.311 e. The number of hydrogen-bond donors (Lipinski definition) is 1. The van der Waals surface area contributed by atoms with E-state index in [0.29, 0.717) is 6.04 Å². The first-order valence-corrected chi connectivity index (χ1v) is 9.43. The summed E-state index contributed by atoms with van der Waals surface area (Å²) in [4.78, 5) is 2.91. The minimum atomic E-state index is 0.691. The van der Waals surface area contributed by atoms with E-state index in [-0.39, 0.29) is 0 Å². The Morgan fingerprint density at radius 2 is 1.86 bits per heavy atom. The molecular weight excluding hydrogens is 256 g/mol. The monoisotopic (exact) mass is 294 g/mol. The second-order valence-electron chi connectivity index (χ2n) is 8.37. The average molecular weight is 295 g/mol. The third-order valence-corrected chi connectivity index (χ3v) is 6.34. The maximum absolute atomic E-state index is 3.85. The van der Waals surface area contributed by atoms with E-state index in [1.165, 1.54) is 38.8 Å². The first kappa shape index (κ1) is 17.3. The third-order valence-electron chi connectivity index (χ3n) is 6.34. The van der Waals surface area contributed by atoms with Gasteiger partial charge in [-0.15, -0.1) is 0 Å². The van der Waals surface area contributed by atoms with Crippen molar-refractivity contribution in [2.75, 3.05) is 13.1 Å². The number of piperazine rings is 1. The normalized spacial score (nSPS) is 40.4. The zero-order valence-electron chi connectivity index (χ0n) is 15.2. The smallest absolute Gasteiger partial charge is 0.0247 e. The van der Waals surface area contributed by atoms with Crippen LogP contribution >= 0.6 is 0 Å². The van der Waals surface area contributed by atoms with Crippen molar-refractivity contribution < 1.29 is 0 Å². The lowest BCUT2D eigenvalue weighted by molar-refractivity contribution is 0.000470. The van der Waals surface area contributed by atoms with Gasteiger partial charge in [0.15, 0.2) is 0 Å². The Bertz CT molecular complexity index is 315. The van der Waals surface area contributed by atoms with Gasteiger partial charge in [0.1, 0.15) is 0 Å². The highest BCUT2D eigenvalue weighted by Crippen LogP contribution is 2.35. The summed E-state index contributed by atoms with van der Waals surface area (Å²) in [6.07, 6.45) is 5.55. The van der Waals surface area contributed by atoms with E-state index in [9.17, 15) is 0 Å². The van der Waals surface area contributed by atoms with Crippen LogP contribution in [0.5, 0.6) is 0 Å². The first-order valence-electron chi connectivity index (χ1n) is 9.43. The molecule has 0 aromatic carbocycles. The highest BCUT2D eigenvalue weighted by Gasteiger charge is 2.39. The molecule has 0 spiro atoms. The van der Waals surface area contributed by atoms with Gasteiger partial charge in [0.2, 0.25) is 0 Å². The molecule has 2 fully saturated rings. The molecule has 1 heterocycles. The van der Waals surface area contributed by atoms with Crippen LogP contribution < -0.4 is 5.32 Å². The van der Waals surface area contributed by atoms with E-state index in [4.69, 9.17) is 0 Å². The van der Waals surface area contributed by atoms with Crippen molar-refractivity contribution in [2.24, 2.45) is 23.7 Å². The molecule has 1 aliphatic heterocycles. The van der Waals surface area contributed by atoms with Crippen LogP contribution in [0.15, 0.2) is 0 Å². The molecular formula is C19H38N2. The van der Waals surface area contributed by atoms with Gasteiger partial charge >= 0.3 is 0 Å². The Morgan fingerprint density at radius 3 is 2.43 bits per heavy atom. The summed E-state index contributed by atoms with van der Waals surface area (Å²) in [7, 11) is 0. The molecule has 1 N–H and O–H groups in total. The molecule has 0 aromatic heterocycles. The molecule has 2 nitrogen and oxygen atoms in total. The van der Waals surface area contributed by atoms with Crippen LogP contribution in [0.3, 0.4) is 0 Å². The molecule has 2 heteroatoms. The predicted molar refractivity (Wildman–Crippen MR) is 92.5 cm³/mol. The van der Waals surface area contributed by atoms with Gasteiger partial charge in [-0.2, -0.15) is 0 Å². The molecule has 2 rings (SSSR count). The van der Waals surface area contributed by atoms with Gasteiger partial charge in [0.05, 0.1) is 0 Å². The van der Waals surface area contributed by atoms with Crippen molar-refractivity contribution in [3.8, 4) is 0 Å². The molecule has 124 valence electrons. The molecule has 0 aromatic rings. The quantitative estimate of drug-likeness (QED) is 0.837. The van der Waals surface area contributed by atoms with Gasteiger partial charge in [-0.05, 0) is 42.9 Å². The van der Waals surface area contributed by atoms with Gasteiger partial charge in [0.25, 0.3) is 0 Å². The van der Waals surface area contributed by atoms with Crippen molar-refractivity contribution in [1.82, 2.24) is 10.2 Å². The van der Waals surface area contributed by atoms with E-state index in [1.807, 2.05) is 0 Å². The molecule has 1 saturated carbocycles. The minimum Gasteiger partial charge on any atom is -0.311 e.